The van der Waals surface area contributed by atoms with E-state index in [1.807, 2.05) is 0 Å². The van der Waals surface area contributed by atoms with Gasteiger partial charge in [0.25, 0.3) is 0 Å². The Morgan fingerprint density at radius 3 is 2.93 bits per heavy atom. The molecule has 1 aromatic carbocycles. The number of fused-ring (bicyclic) bond motifs is 1. The lowest BCUT2D eigenvalue weighted by Crippen LogP contribution is -2.10. The second-order valence-electron chi connectivity index (χ2n) is 3.04. The third-order valence-electron chi connectivity index (χ3n) is 2.17. The fourth-order valence-electron chi connectivity index (χ4n) is 1.47. The molecule has 0 aromatic heterocycles. The minimum absolute atomic E-state index is 0.207. The van der Waals surface area contributed by atoms with Gasteiger partial charge in [-0.1, -0.05) is 0 Å². The van der Waals surface area contributed by atoms with Crippen LogP contribution >= 0.6 is 0 Å². The minimum atomic E-state index is -1.04. The van der Waals surface area contributed by atoms with Crippen molar-refractivity contribution in [2.75, 3.05) is 13.7 Å². The molecule has 0 saturated carbocycles. The van der Waals surface area contributed by atoms with Crippen molar-refractivity contribution in [3.05, 3.63) is 23.3 Å². The molecule has 2 N–H and O–H groups in total. The fourth-order valence-corrected chi connectivity index (χ4v) is 1.47. The van der Waals surface area contributed by atoms with E-state index in [1.165, 1.54) is 7.11 Å². The van der Waals surface area contributed by atoms with Crippen LogP contribution in [-0.2, 0) is 0 Å². The predicted molar refractivity (Wildman–Crippen MR) is 45.3 cm³/mol. The molecular weight excluding hydrogens is 192 g/mol. The number of methoxy groups -OCH3 is 1. The second kappa shape index (κ2) is 3.09. The Kier molecular flexibility index (Phi) is 2.03. The number of ether oxygens (including phenoxy) is 2. The van der Waals surface area contributed by atoms with Crippen molar-refractivity contribution in [2.24, 2.45) is 5.73 Å². The van der Waals surface area contributed by atoms with Crippen LogP contribution < -0.4 is 15.2 Å². The lowest BCUT2D eigenvalue weighted by Gasteiger charge is -2.08. The highest BCUT2D eigenvalue weighted by molar-refractivity contribution is 5.51. The summed E-state index contributed by atoms with van der Waals surface area (Å²) in [6, 6.07) is 0.624. The molecule has 0 bridgehead atoms. The van der Waals surface area contributed by atoms with E-state index in [0.29, 0.717) is 5.56 Å². The van der Waals surface area contributed by atoms with Gasteiger partial charge in [0.2, 0.25) is 5.82 Å². The monoisotopic (exact) mass is 201 g/mol. The van der Waals surface area contributed by atoms with E-state index in [0.717, 1.165) is 6.07 Å². The number of hydrogen-bond donors (Lipinski definition) is 1. The van der Waals surface area contributed by atoms with Crippen LogP contribution in [-0.4, -0.2) is 13.7 Å². The molecule has 0 amide bonds. The molecule has 1 aliphatic heterocycles. The van der Waals surface area contributed by atoms with Crippen LogP contribution in [0, 0.1) is 11.6 Å². The van der Waals surface area contributed by atoms with Crippen LogP contribution in [0.25, 0.3) is 0 Å². The number of halogens is 2. The maximum atomic E-state index is 13.2. The molecule has 76 valence electrons. The van der Waals surface area contributed by atoms with Crippen molar-refractivity contribution >= 4 is 0 Å². The summed E-state index contributed by atoms with van der Waals surface area (Å²) in [6.07, 6.45) is 0. The molecule has 0 aliphatic carbocycles. The third kappa shape index (κ3) is 1.13. The summed E-state index contributed by atoms with van der Waals surface area (Å²) in [6.45, 7) is 0.217. The van der Waals surface area contributed by atoms with E-state index in [2.05, 4.69) is 0 Å². The Hall–Kier alpha value is -1.36. The first-order valence-corrected chi connectivity index (χ1v) is 4.09. The molecule has 1 atom stereocenters. The van der Waals surface area contributed by atoms with Crippen molar-refractivity contribution < 1.29 is 18.3 Å². The lowest BCUT2D eigenvalue weighted by atomic mass is 10.1. The van der Waals surface area contributed by atoms with Crippen molar-refractivity contribution in [1.29, 1.82) is 0 Å². The van der Waals surface area contributed by atoms with E-state index >= 15 is 0 Å². The molecule has 0 radical (unpaired) electrons. The quantitative estimate of drug-likeness (QED) is 0.746. The van der Waals surface area contributed by atoms with E-state index < -0.39 is 17.7 Å². The Morgan fingerprint density at radius 2 is 2.29 bits per heavy atom. The SMILES string of the molecule is COc1c(F)c(F)cc2c1OC[C@H]2N. The summed E-state index contributed by atoms with van der Waals surface area (Å²) in [7, 11) is 1.26. The van der Waals surface area contributed by atoms with Gasteiger partial charge in [-0.05, 0) is 6.07 Å². The zero-order valence-corrected chi connectivity index (χ0v) is 7.51. The summed E-state index contributed by atoms with van der Waals surface area (Å²) in [4.78, 5) is 0. The summed E-state index contributed by atoms with van der Waals surface area (Å²) >= 11 is 0. The predicted octanol–water partition coefficient (Wildman–Crippen LogP) is 1.37. The van der Waals surface area contributed by atoms with Crippen LogP contribution in [0.2, 0.25) is 0 Å². The Balaban J connectivity index is 2.65. The Morgan fingerprint density at radius 1 is 1.57 bits per heavy atom. The van der Waals surface area contributed by atoms with E-state index in [4.69, 9.17) is 15.2 Å². The van der Waals surface area contributed by atoms with Crippen LogP contribution in [0.15, 0.2) is 6.07 Å². The van der Waals surface area contributed by atoms with Gasteiger partial charge in [-0.25, -0.2) is 4.39 Å². The third-order valence-corrected chi connectivity index (χ3v) is 2.17. The Bertz CT molecular complexity index is 382. The fraction of sp³-hybridized carbons (Fsp3) is 0.333. The van der Waals surface area contributed by atoms with Crippen LogP contribution in [0.4, 0.5) is 8.78 Å². The van der Waals surface area contributed by atoms with Crippen molar-refractivity contribution in [3.63, 3.8) is 0 Å². The molecule has 1 heterocycles. The Labute approximate surface area is 79.4 Å². The number of benzene rings is 1. The highest BCUT2D eigenvalue weighted by atomic mass is 19.2. The molecule has 3 nitrogen and oxygen atoms in total. The molecule has 2 rings (SSSR count). The van der Waals surface area contributed by atoms with Crippen molar-refractivity contribution in [2.45, 2.75) is 6.04 Å². The van der Waals surface area contributed by atoms with Gasteiger partial charge < -0.3 is 15.2 Å². The molecule has 14 heavy (non-hydrogen) atoms. The average molecular weight is 201 g/mol. The molecule has 1 aromatic rings. The van der Waals surface area contributed by atoms with Crippen LogP contribution in [0.5, 0.6) is 11.5 Å². The summed E-state index contributed by atoms with van der Waals surface area (Å²) in [5.74, 6) is -2.02. The molecule has 0 saturated heterocycles. The zero-order chi connectivity index (χ0) is 10.3. The first kappa shape index (κ1) is 9.21. The van der Waals surface area contributed by atoms with E-state index in [1.54, 1.807) is 0 Å². The smallest absolute Gasteiger partial charge is 0.204 e. The molecule has 0 fully saturated rings. The maximum absolute atomic E-state index is 13.2. The van der Waals surface area contributed by atoms with Gasteiger partial charge in [0.15, 0.2) is 17.3 Å². The standard InChI is InChI=1S/C9H9F2NO2/c1-13-9-7(11)5(10)2-4-6(12)3-14-8(4)9/h2,6H,3,12H2,1H3/t6-/m1/s1. The van der Waals surface area contributed by atoms with Gasteiger partial charge in [-0.15, -0.1) is 0 Å². The van der Waals surface area contributed by atoms with Gasteiger partial charge >= 0.3 is 0 Å². The zero-order valence-electron chi connectivity index (χ0n) is 7.51. The molecule has 0 spiro atoms. The molecule has 0 unspecified atom stereocenters. The van der Waals surface area contributed by atoms with Gasteiger partial charge in [0, 0.05) is 5.56 Å². The molecule has 1 aliphatic rings. The summed E-state index contributed by atoms with van der Waals surface area (Å²) in [5, 5.41) is 0. The first-order chi connectivity index (χ1) is 6.65. The van der Waals surface area contributed by atoms with Crippen LogP contribution in [0.3, 0.4) is 0 Å². The number of hydrogen-bond acceptors (Lipinski definition) is 3. The average Bonchev–Trinajstić information content (AvgIpc) is 2.51. The van der Waals surface area contributed by atoms with Crippen LogP contribution in [0.1, 0.15) is 11.6 Å². The highest BCUT2D eigenvalue weighted by Gasteiger charge is 2.29. The topological polar surface area (TPSA) is 44.5 Å². The van der Waals surface area contributed by atoms with Gasteiger partial charge in [-0.3, -0.25) is 0 Å². The lowest BCUT2D eigenvalue weighted by molar-refractivity contribution is 0.300. The summed E-state index contributed by atoms with van der Waals surface area (Å²) in [5.41, 5.74) is 6.06. The minimum Gasteiger partial charge on any atom is -0.490 e. The first-order valence-electron chi connectivity index (χ1n) is 4.09. The molecular formula is C9H9F2NO2. The number of rotatable bonds is 1. The molecule has 5 heteroatoms. The van der Waals surface area contributed by atoms with Crippen molar-refractivity contribution in [1.82, 2.24) is 0 Å². The van der Waals surface area contributed by atoms with Gasteiger partial charge in [0.1, 0.15) is 6.61 Å². The summed E-state index contributed by atoms with van der Waals surface area (Å²) < 4.78 is 36.0. The van der Waals surface area contributed by atoms with Gasteiger partial charge in [-0.2, -0.15) is 4.39 Å². The normalized spacial score (nSPS) is 19.0. The largest absolute Gasteiger partial charge is 0.490 e. The second-order valence-corrected chi connectivity index (χ2v) is 3.04. The highest BCUT2D eigenvalue weighted by Crippen LogP contribution is 2.41. The maximum Gasteiger partial charge on any atom is 0.204 e. The van der Waals surface area contributed by atoms with Gasteiger partial charge in [0.05, 0.1) is 13.2 Å². The van der Waals surface area contributed by atoms with Crippen molar-refractivity contribution in [3.8, 4) is 11.5 Å². The number of nitrogens with two attached hydrogens (primary N) is 1. The van der Waals surface area contributed by atoms with E-state index in [-0.39, 0.29) is 18.1 Å². The van der Waals surface area contributed by atoms with E-state index in [9.17, 15) is 8.78 Å².